The third kappa shape index (κ3) is 7.16. The van der Waals surface area contributed by atoms with Crippen LogP contribution in [0.25, 0.3) is 22.0 Å². The molecule has 1 atom stereocenters. The van der Waals surface area contributed by atoms with Crippen LogP contribution in [0.5, 0.6) is 0 Å². The first-order chi connectivity index (χ1) is 18.5. The van der Waals surface area contributed by atoms with E-state index in [1.165, 1.54) is 24.4 Å². The number of alkyl halides is 3. The van der Waals surface area contributed by atoms with Gasteiger partial charge in [0.15, 0.2) is 11.6 Å². The standard InChI is InChI=1S/C29H23F5N2O3/c30-24-8-7-19(14-25(24)31)20-5-6-21-13-22(16-36-26(21)15-20)23(9-11-29(32,33)34)17-1-3-18(4-2-17)28(39)35-12-10-27(37)38/h1-8,13-16,23H,9-12H2,(H,35,39)(H,37,38)/t23-/m0/s1. The van der Waals surface area contributed by atoms with Crippen LogP contribution in [0, 0.1) is 11.6 Å². The highest BCUT2D eigenvalue weighted by Crippen LogP contribution is 2.35. The first-order valence-corrected chi connectivity index (χ1v) is 12.0. The van der Waals surface area contributed by atoms with Crippen LogP contribution in [0.1, 0.15) is 46.7 Å². The number of aliphatic carboxylic acids is 1. The third-order valence-corrected chi connectivity index (χ3v) is 6.28. The third-order valence-electron chi connectivity index (χ3n) is 6.28. The zero-order valence-corrected chi connectivity index (χ0v) is 20.4. The van der Waals surface area contributed by atoms with E-state index in [0.29, 0.717) is 33.2 Å². The number of rotatable bonds is 9. The summed E-state index contributed by atoms with van der Waals surface area (Å²) in [7, 11) is 0. The molecule has 2 N–H and O–H groups in total. The van der Waals surface area contributed by atoms with Gasteiger partial charge < -0.3 is 10.4 Å². The average Bonchev–Trinajstić information content (AvgIpc) is 2.89. The average molecular weight is 543 g/mol. The van der Waals surface area contributed by atoms with E-state index in [1.54, 1.807) is 36.4 Å². The number of carboxylic acid groups (broad SMARTS) is 1. The van der Waals surface area contributed by atoms with Crippen LogP contribution >= 0.6 is 0 Å². The van der Waals surface area contributed by atoms with E-state index < -0.39 is 42.0 Å². The smallest absolute Gasteiger partial charge is 0.389 e. The second-order valence-corrected chi connectivity index (χ2v) is 9.03. The summed E-state index contributed by atoms with van der Waals surface area (Å²) in [5, 5.41) is 11.8. The van der Waals surface area contributed by atoms with Crippen molar-refractivity contribution in [3.8, 4) is 11.1 Å². The fourth-order valence-electron chi connectivity index (χ4n) is 4.27. The molecule has 0 spiro atoms. The number of carboxylic acids is 1. The van der Waals surface area contributed by atoms with Gasteiger partial charge in [0.25, 0.3) is 5.91 Å². The number of pyridine rings is 1. The summed E-state index contributed by atoms with van der Waals surface area (Å²) in [6.45, 7) is -0.0509. The number of nitrogens with zero attached hydrogens (tertiary/aromatic N) is 1. The molecule has 1 aromatic heterocycles. The quantitative estimate of drug-likeness (QED) is 0.227. The van der Waals surface area contributed by atoms with Crippen LogP contribution in [0.15, 0.2) is 72.9 Å². The number of amides is 1. The zero-order chi connectivity index (χ0) is 28.2. The maximum Gasteiger partial charge on any atom is 0.389 e. The van der Waals surface area contributed by atoms with Crippen molar-refractivity contribution < 1.29 is 36.6 Å². The van der Waals surface area contributed by atoms with E-state index >= 15 is 0 Å². The molecule has 5 nitrogen and oxygen atoms in total. The molecule has 4 rings (SSSR count). The van der Waals surface area contributed by atoms with Crippen molar-refractivity contribution in [1.82, 2.24) is 10.3 Å². The number of fused-ring (bicyclic) bond motifs is 1. The van der Waals surface area contributed by atoms with Crippen molar-refractivity contribution in [2.75, 3.05) is 6.54 Å². The Labute approximate surface area is 220 Å². The fourth-order valence-corrected chi connectivity index (χ4v) is 4.27. The number of carbonyl (C=O) groups is 2. The van der Waals surface area contributed by atoms with Crippen molar-refractivity contribution in [3.63, 3.8) is 0 Å². The van der Waals surface area contributed by atoms with Crippen molar-refractivity contribution in [2.45, 2.75) is 31.4 Å². The van der Waals surface area contributed by atoms with Crippen LogP contribution < -0.4 is 5.32 Å². The molecule has 0 aliphatic carbocycles. The van der Waals surface area contributed by atoms with Crippen LogP contribution in [0.4, 0.5) is 22.0 Å². The molecule has 0 unspecified atom stereocenters. The van der Waals surface area contributed by atoms with Gasteiger partial charge in [-0.1, -0.05) is 30.3 Å². The molecule has 0 fully saturated rings. The Kier molecular flexibility index (Phi) is 8.23. The highest BCUT2D eigenvalue weighted by atomic mass is 19.4. The number of halogens is 5. The van der Waals surface area contributed by atoms with E-state index in [9.17, 15) is 31.5 Å². The molecule has 0 saturated heterocycles. The summed E-state index contributed by atoms with van der Waals surface area (Å²) < 4.78 is 66.4. The second-order valence-electron chi connectivity index (χ2n) is 9.03. The maximum absolute atomic E-state index is 13.7. The normalized spacial score (nSPS) is 12.3. The van der Waals surface area contributed by atoms with Crippen molar-refractivity contribution in [2.24, 2.45) is 0 Å². The van der Waals surface area contributed by atoms with Gasteiger partial charge in [0, 0.05) is 36.0 Å². The van der Waals surface area contributed by atoms with Crippen molar-refractivity contribution >= 4 is 22.8 Å². The van der Waals surface area contributed by atoms with Gasteiger partial charge in [-0.3, -0.25) is 14.6 Å². The summed E-state index contributed by atoms with van der Waals surface area (Å²) in [6.07, 6.45) is -4.38. The number of hydrogen-bond donors (Lipinski definition) is 2. The molecule has 202 valence electrons. The van der Waals surface area contributed by atoms with E-state index in [2.05, 4.69) is 10.3 Å². The van der Waals surface area contributed by atoms with Gasteiger partial charge in [0.2, 0.25) is 0 Å². The Morgan fingerprint density at radius 2 is 1.56 bits per heavy atom. The fraction of sp³-hybridized carbons (Fsp3) is 0.207. The molecule has 0 aliphatic rings. The van der Waals surface area contributed by atoms with Gasteiger partial charge in [0.1, 0.15) is 0 Å². The Balaban J connectivity index is 1.61. The summed E-state index contributed by atoms with van der Waals surface area (Å²) in [5.74, 6) is -4.15. The number of carbonyl (C=O) groups excluding carboxylic acids is 1. The summed E-state index contributed by atoms with van der Waals surface area (Å²) >= 11 is 0. The molecule has 3 aromatic carbocycles. The number of nitrogens with one attached hydrogen (secondary N) is 1. The summed E-state index contributed by atoms with van der Waals surface area (Å²) in [5.41, 5.74) is 2.94. The predicted molar refractivity (Wildman–Crippen MR) is 135 cm³/mol. The minimum Gasteiger partial charge on any atom is -0.481 e. The van der Waals surface area contributed by atoms with E-state index in [4.69, 9.17) is 5.11 Å². The van der Waals surface area contributed by atoms with E-state index in [0.717, 1.165) is 12.1 Å². The molecule has 1 amide bonds. The van der Waals surface area contributed by atoms with Crippen LogP contribution in [0.3, 0.4) is 0 Å². The molecule has 1 heterocycles. The molecular formula is C29H23F5N2O3. The highest BCUT2D eigenvalue weighted by Gasteiger charge is 2.29. The van der Waals surface area contributed by atoms with Gasteiger partial charge in [-0.05, 0) is 65.1 Å². The van der Waals surface area contributed by atoms with Crippen LogP contribution in [0.2, 0.25) is 0 Å². The van der Waals surface area contributed by atoms with E-state index in [1.807, 2.05) is 0 Å². The van der Waals surface area contributed by atoms with Gasteiger partial charge in [-0.2, -0.15) is 13.2 Å². The minimum absolute atomic E-state index is 0.0509. The summed E-state index contributed by atoms with van der Waals surface area (Å²) in [6, 6.07) is 16.5. The number of hydrogen-bond acceptors (Lipinski definition) is 3. The largest absolute Gasteiger partial charge is 0.481 e. The lowest BCUT2D eigenvalue weighted by atomic mass is 9.87. The zero-order valence-electron chi connectivity index (χ0n) is 20.4. The molecule has 0 aliphatic heterocycles. The van der Waals surface area contributed by atoms with Gasteiger partial charge in [-0.15, -0.1) is 0 Å². The molecule has 0 radical (unpaired) electrons. The first-order valence-electron chi connectivity index (χ1n) is 12.0. The Morgan fingerprint density at radius 1 is 0.872 bits per heavy atom. The molecule has 0 saturated carbocycles. The van der Waals surface area contributed by atoms with Crippen LogP contribution in [-0.4, -0.2) is 34.7 Å². The van der Waals surface area contributed by atoms with Crippen LogP contribution in [-0.2, 0) is 4.79 Å². The maximum atomic E-state index is 13.7. The minimum atomic E-state index is -4.37. The molecule has 0 bridgehead atoms. The Morgan fingerprint density at radius 3 is 2.23 bits per heavy atom. The molecule has 39 heavy (non-hydrogen) atoms. The van der Waals surface area contributed by atoms with Gasteiger partial charge in [0.05, 0.1) is 11.9 Å². The highest BCUT2D eigenvalue weighted by molar-refractivity contribution is 5.94. The predicted octanol–water partition coefficient (Wildman–Crippen LogP) is 6.86. The monoisotopic (exact) mass is 542 g/mol. The number of benzene rings is 3. The van der Waals surface area contributed by atoms with E-state index in [-0.39, 0.29) is 24.9 Å². The lowest BCUT2D eigenvalue weighted by molar-refractivity contribution is -0.137. The Hall–Kier alpha value is -4.34. The van der Waals surface area contributed by atoms with Gasteiger partial charge >= 0.3 is 12.1 Å². The molecule has 4 aromatic rings. The lowest BCUT2D eigenvalue weighted by Crippen LogP contribution is -2.25. The number of aromatic nitrogens is 1. The lowest BCUT2D eigenvalue weighted by Gasteiger charge is -2.20. The van der Waals surface area contributed by atoms with Crippen molar-refractivity contribution in [3.05, 3.63) is 101 Å². The SMILES string of the molecule is O=C(O)CCNC(=O)c1ccc([C@H](CCC(F)(F)F)c2cnc3cc(-c4ccc(F)c(F)c4)ccc3c2)cc1. The van der Waals surface area contributed by atoms with Gasteiger partial charge in [-0.25, -0.2) is 8.78 Å². The topological polar surface area (TPSA) is 79.3 Å². The van der Waals surface area contributed by atoms with Crippen molar-refractivity contribution in [1.29, 1.82) is 0 Å². The first kappa shape index (κ1) is 27.7. The second kappa shape index (κ2) is 11.6. The Bertz CT molecular complexity index is 1500. The molecule has 10 heteroatoms. The molecular weight excluding hydrogens is 519 g/mol. The summed E-state index contributed by atoms with van der Waals surface area (Å²) in [4.78, 5) is 27.3.